The Hall–Kier alpha value is -0.960. The minimum atomic E-state index is -0.115. The molecule has 0 aliphatic carbocycles. The highest BCUT2D eigenvalue weighted by molar-refractivity contribution is 6.20. The molecule has 0 bridgehead atoms. The number of hydrogen-bond acceptors (Lipinski definition) is 2. The van der Waals surface area contributed by atoms with Crippen molar-refractivity contribution in [1.82, 2.24) is 5.32 Å². The summed E-state index contributed by atoms with van der Waals surface area (Å²) in [5.41, 5.74) is 0.595. The molecule has 1 rings (SSSR count). The number of carbonyl (C=O) groups is 1. The number of furan rings is 1. The highest BCUT2D eigenvalue weighted by Gasteiger charge is 2.14. The molecule has 1 aromatic rings. The largest absolute Gasteiger partial charge is 0.466 e. The Morgan fingerprint density at radius 3 is 2.75 bits per heavy atom. The van der Waals surface area contributed by atoms with E-state index >= 15 is 0 Å². The molecular formula is C12H18ClNO2. The van der Waals surface area contributed by atoms with Gasteiger partial charge in [-0.1, -0.05) is 13.3 Å². The Balaban J connectivity index is 2.50. The van der Waals surface area contributed by atoms with E-state index in [1.165, 1.54) is 0 Å². The van der Waals surface area contributed by atoms with E-state index in [2.05, 4.69) is 12.2 Å². The summed E-state index contributed by atoms with van der Waals surface area (Å²) in [6.45, 7) is 6.18. The fourth-order valence-electron chi connectivity index (χ4n) is 1.57. The van der Waals surface area contributed by atoms with Gasteiger partial charge in [0.25, 0.3) is 5.91 Å². The average Bonchev–Trinajstić information content (AvgIpc) is 2.55. The van der Waals surface area contributed by atoms with Crippen LogP contribution in [0.4, 0.5) is 0 Å². The highest BCUT2D eigenvalue weighted by Crippen LogP contribution is 2.13. The lowest BCUT2D eigenvalue weighted by Crippen LogP contribution is -2.29. The van der Waals surface area contributed by atoms with Crippen molar-refractivity contribution in [3.8, 4) is 0 Å². The van der Waals surface area contributed by atoms with Gasteiger partial charge in [0.15, 0.2) is 0 Å². The first-order chi connectivity index (χ1) is 7.54. The van der Waals surface area contributed by atoms with Crippen molar-refractivity contribution in [3.05, 3.63) is 23.2 Å². The minimum absolute atomic E-state index is 0.00209. The zero-order chi connectivity index (χ0) is 12.1. The molecule has 3 nitrogen and oxygen atoms in total. The van der Waals surface area contributed by atoms with Gasteiger partial charge >= 0.3 is 0 Å². The molecule has 4 heteroatoms. The second-order valence-corrected chi connectivity index (χ2v) is 4.54. The molecule has 1 heterocycles. The summed E-state index contributed by atoms with van der Waals surface area (Å²) in [5.74, 6) is 1.28. The van der Waals surface area contributed by atoms with Crippen LogP contribution in [0.2, 0.25) is 0 Å². The normalized spacial score (nSPS) is 12.5. The predicted molar refractivity (Wildman–Crippen MR) is 65.1 cm³/mol. The van der Waals surface area contributed by atoms with Crippen LogP contribution in [-0.4, -0.2) is 17.8 Å². The number of carbonyl (C=O) groups excluding carboxylic acids is 1. The first-order valence-corrected chi connectivity index (χ1v) is 5.97. The van der Waals surface area contributed by atoms with Gasteiger partial charge < -0.3 is 9.73 Å². The van der Waals surface area contributed by atoms with Crippen LogP contribution in [0.1, 0.15) is 41.6 Å². The fourth-order valence-corrected chi connectivity index (χ4v) is 1.87. The van der Waals surface area contributed by atoms with Crippen LogP contribution < -0.4 is 5.32 Å². The van der Waals surface area contributed by atoms with Gasteiger partial charge in [-0.15, -0.1) is 11.6 Å². The van der Waals surface area contributed by atoms with Gasteiger partial charge in [-0.25, -0.2) is 0 Å². The molecule has 90 valence electrons. The molecule has 0 aliphatic rings. The van der Waals surface area contributed by atoms with Crippen molar-refractivity contribution in [3.63, 3.8) is 0 Å². The number of amides is 1. The Kier molecular flexibility index (Phi) is 4.87. The van der Waals surface area contributed by atoms with Crippen molar-refractivity contribution < 1.29 is 9.21 Å². The predicted octanol–water partition coefficient (Wildman–Crippen LogP) is 3.03. The molecule has 1 amide bonds. The van der Waals surface area contributed by atoms with Crippen LogP contribution in [0.3, 0.4) is 0 Å². The summed E-state index contributed by atoms with van der Waals surface area (Å²) in [7, 11) is 0. The molecule has 16 heavy (non-hydrogen) atoms. The third kappa shape index (κ3) is 3.56. The maximum atomic E-state index is 11.8. The van der Waals surface area contributed by atoms with Gasteiger partial charge in [0.05, 0.1) is 10.9 Å². The van der Waals surface area contributed by atoms with E-state index in [9.17, 15) is 4.79 Å². The number of hydrogen-bond donors (Lipinski definition) is 1. The van der Waals surface area contributed by atoms with E-state index in [4.69, 9.17) is 16.0 Å². The van der Waals surface area contributed by atoms with Crippen LogP contribution in [-0.2, 0) is 0 Å². The third-order valence-electron chi connectivity index (χ3n) is 2.37. The van der Waals surface area contributed by atoms with E-state index in [-0.39, 0.29) is 11.3 Å². The summed E-state index contributed by atoms with van der Waals surface area (Å²) in [6.07, 6.45) is 1.93. The lowest BCUT2D eigenvalue weighted by Gasteiger charge is -2.08. The standard InChI is InChI=1S/C12H18ClNO2/c1-4-5-10(13)7-14-12(15)11-6-8(2)16-9(11)3/h6,10H,4-5,7H2,1-3H3,(H,14,15). The Bertz CT molecular complexity index is 360. The molecule has 0 fully saturated rings. The Morgan fingerprint density at radius 2 is 2.25 bits per heavy atom. The molecule has 0 aromatic carbocycles. The number of halogens is 1. The zero-order valence-electron chi connectivity index (χ0n) is 9.97. The maximum Gasteiger partial charge on any atom is 0.254 e. The number of rotatable bonds is 5. The van der Waals surface area contributed by atoms with E-state index < -0.39 is 0 Å². The molecule has 1 aromatic heterocycles. The maximum absolute atomic E-state index is 11.8. The van der Waals surface area contributed by atoms with Crippen molar-refractivity contribution in [2.24, 2.45) is 0 Å². The number of aryl methyl sites for hydroxylation is 2. The van der Waals surface area contributed by atoms with Gasteiger partial charge in [-0.3, -0.25) is 4.79 Å². The summed E-state index contributed by atoms with van der Waals surface area (Å²) in [6, 6.07) is 1.74. The van der Waals surface area contributed by atoms with Crippen LogP contribution in [0.25, 0.3) is 0 Å². The second-order valence-electron chi connectivity index (χ2n) is 3.92. The first kappa shape index (κ1) is 13.1. The average molecular weight is 244 g/mol. The highest BCUT2D eigenvalue weighted by atomic mass is 35.5. The molecule has 1 atom stereocenters. The molecule has 1 unspecified atom stereocenters. The van der Waals surface area contributed by atoms with Gasteiger partial charge in [-0.2, -0.15) is 0 Å². The van der Waals surface area contributed by atoms with Crippen LogP contribution in [0.15, 0.2) is 10.5 Å². The van der Waals surface area contributed by atoms with Gasteiger partial charge in [-0.05, 0) is 26.3 Å². The monoisotopic (exact) mass is 243 g/mol. The topological polar surface area (TPSA) is 42.2 Å². The molecule has 1 N–H and O–H groups in total. The first-order valence-electron chi connectivity index (χ1n) is 5.54. The fraction of sp³-hybridized carbons (Fsp3) is 0.583. The minimum Gasteiger partial charge on any atom is -0.466 e. The number of nitrogens with one attached hydrogen (secondary N) is 1. The number of alkyl halides is 1. The summed E-state index contributed by atoms with van der Waals surface area (Å²) in [5, 5.41) is 2.81. The lowest BCUT2D eigenvalue weighted by atomic mass is 10.2. The third-order valence-corrected chi connectivity index (χ3v) is 2.74. The molecular weight excluding hydrogens is 226 g/mol. The van der Waals surface area contributed by atoms with Crippen molar-refractivity contribution in [2.45, 2.75) is 39.0 Å². The summed E-state index contributed by atoms with van der Waals surface area (Å²) < 4.78 is 5.30. The quantitative estimate of drug-likeness (QED) is 0.808. The lowest BCUT2D eigenvalue weighted by molar-refractivity contribution is 0.0952. The van der Waals surface area contributed by atoms with Gasteiger partial charge in [0.2, 0.25) is 0 Å². The Labute approximate surface area is 101 Å². The van der Waals surface area contributed by atoms with Crippen LogP contribution in [0.5, 0.6) is 0 Å². The zero-order valence-corrected chi connectivity index (χ0v) is 10.7. The second kappa shape index (κ2) is 5.94. The Morgan fingerprint density at radius 1 is 1.56 bits per heavy atom. The molecule has 0 aliphatic heterocycles. The molecule has 0 saturated carbocycles. The molecule has 0 spiro atoms. The van der Waals surface area contributed by atoms with E-state index in [1.807, 2.05) is 6.92 Å². The van der Waals surface area contributed by atoms with Gasteiger partial charge in [0.1, 0.15) is 11.5 Å². The summed E-state index contributed by atoms with van der Waals surface area (Å²) >= 11 is 6.02. The van der Waals surface area contributed by atoms with E-state index in [1.54, 1.807) is 13.0 Å². The van der Waals surface area contributed by atoms with Crippen molar-refractivity contribution in [2.75, 3.05) is 6.54 Å². The SMILES string of the molecule is CCCC(Cl)CNC(=O)c1cc(C)oc1C. The van der Waals surface area contributed by atoms with Crippen molar-refractivity contribution in [1.29, 1.82) is 0 Å². The van der Waals surface area contributed by atoms with Gasteiger partial charge in [0, 0.05) is 6.54 Å². The molecule has 0 radical (unpaired) electrons. The smallest absolute Gasteiger partial charge is 0.254 e. The van der Waals surface area contributed by atoms with E-state index in [0.717, 1.165) is 18.6 Å². The van der Waals surface area contributed by atoms with Crippen LogP contribution >= 0.6 is 11.6 Å². The van der Waals surface area contributed by atoms with Crippen molar-refractivity contribution >= 4 is 17.5 Å². The summed E-state index contributed by atoms with van der Waals surface area (Å²) in [4.78, 5) is 11.8. The van der Waals surface area contributed by atoms with E-state index in [0.29, 0.717) is 17.9 Å². The molecule has 0 saturated heterocycles. The van der Waals surface area contributed by atoms with Crippen LogP contribution in [0, 0.1) is 13.8 Å².